The van der Waals surface area contributed by atoms with E-state index in [1.54, 1.807) is 13.1 Å². The topological polar surface area (TPSA) is 69.8 Å². The molecule has 3 heterocycles. The summed E-state index contributed by atoms with van der Waals surface area (Å²) in [4.78, 5) is 4.57. The van der Waals surface area contributed by atoms with E-state index >= 15 is 0 Å². The molecule has 0 fully saturated rings. The van der Waals surface area contributed by atoms with Gasteiger partial charge in [0.1, 0.15) is 0 Å². The van der Waals surface area contributed by atoms with E-state index in [2.05, 4.69) is 10.1 Å². The van der Waals surface area contributed by atoms with Gasteiger partial charge in [0.25, 0.3) is 0 Å². The number of aromatic nitrogens is 4. The molecule has 0 saturated carbocycles. The number of halogens is 6. The Kier molecular flexibility index (Phi) is 6.37. The van der Waals surface area contributed by atoms with Gasteiger partial charge < -0.3 is 4.57 Å². The minimum atomic E-state index is -4.63. The number of benzene rings is 1. The number of rotatable bonds is 4. The number of alkyl halides is 6. The average Bonchev–Trinajstić information content (AvgIpc) is 3.53. The summed E-state index contributed by atoms with van der Waals surface area (Å²) in [5.74, 6) is -0.120. The van der Waals surface area contributed by atoms with Gasteiger partial charge in [-0.2, -0.15) is 31.4 Å². The number of hydrogen-bond donors (Lipinski definition) is 0. The Morgan fingerprint density at radius 1 is 1.00 bits per heavy atom. The van der Waals surface area contributed by atoms with E-state index in [0.717, 1.165) is 40.4 Å². The number of thiophene rings is 1. The van der Waals surface area contributed by atoms with Crippen LogP contribution in [0.2, 0.25) is 0 Å². The first kappa shape index (κ1) is 26.9. The minimum Gasteiger partial charge on any atom is -0.326 e. The molecule has 0 amide bonds. The molecule has 0 bridgehead atoms. The van der Waals surface area contributed by atoms with Crippen LogP contribution in [0.3, 0.4) is 0 Å². The maximum Gasteiger partial charge on any atom is 0.435 e. The lowest BCUT2D eigenvalue weighted by molar-refractivity contribution is -0.141. The van der Waals surface area contributed by atoms with Crippen molar-refractivity contribution in [2.45, 2.75) is 24.2 Å². The standard InChI is InChI=1S/C25H18F6N4O2S2/c1-3-39(36,37)22-16-9-8-15(35-11-10-20(33-35)25(29,30)31)13-19(16)38-21(22)23-32-17-12-14(24(26,27)28)6-4-5-7-18(17)34(23)2/h4-13H,3H2,1-2H3/b5-4?,6-4+,7-5+,14-6?,14-12+,17-12?,18-7?. The van der Waals surface area contributed by atoms with Crippen molar-refractivity contribution in [1.82, 2.24) is 19.3 Å². The second-order valence-electron chi connectivity index (χ2n) is 8.57. The summed E-state index contributed by atoms with van der Waals surface area (Å²) in [6.07, 6.45) is -2.04. The molecule has 5 rings (SSSR count). The normalized spacial score (nSPS) is 17.4. The third-order valence-electron chi connectivity index (χ3n) is 6.09. The molecule has 1 aliphatic rings. The third-order valence-corrected chi connectivity index (χ3v) is 9.18. The first-order chi connectivity index (χ1) is 18.2. The second-order valence-corrected chi connectivity index (χ2v) is 11.8. The summed E-state index contributed by atoms with van der Waals surface area (Å²) >= 11 is 1.03. The Bertz CT molecular complexity index is 1800. The molecule has 14 heteroatoms. The van der Waals surface area contributed by atoms with Gasteiger partial charge in [0.15, 0.2) is 21.4 Å². The first-order valence-electron chi connectivity index (χ1n) is 11.3. The largest absolute Gasteiger partial charge is 0.435 e. The van der Waals surface area contributed by atoms with Crippen molar-refractivity contribution in [2.75, 3.05) is 5.75 Å². The lowest BCUT2D eigenvalue weighted by atomic mass is 10.1. The van der Waals surface area contributed by atoms with Gasteiger partial charge in [-0.1, -0.05) is 25.1 Å². The maximum atomic E-state index is 13.5. The highest BCUT2D eigenvalue weighted by Crippen LogP contribution is 2.43. The van der Waals surface area contributed by atoms with Crippen molar-refractivity contribution in [3.8, 4) is 16.4 Å². The molecule has 0 spiro atoms. The Morgan fingerprint density at radius 3 is 2.36 bits per heavy atom. The molecule has 0 radical (unpaired) electrons. The van der Waals surface area contributed by atoms with Crippen molar-refractivity contribution in [2.24, 2.45) is 7.05 Å². The molecule has 3 aromatic heterocycles. The van der Waals surface area contributed by atoms with Gasteiger partial charge in [-0.3, -0.25) is 0 Å². The van der Waals surface area contributed by atoms with Crippen LogP contribution in [0, 0.1) is 0 Å². The molecule has 1 aromatic carbocycles. The SMILES string of the molecule is CCS(=O)(=O)c1c(-c2nc3c(n2C)/C=C/C=C/C(C(F)(F)F)=C\3)sc2cc(-n3ccc(C(F)(F)F)n3)ccc12. The molecule has 0 unspecified atom stereocenters. The molecule has 6 nitrogen and oxygen atoms in total. The molecule has 0 N–H and O–H groups in total. The molecular weight excluding hydrogens is 566 g/mol. The number of sulfone groups is 1. The number of hydrogen-bond acceptors (Lipinski definition) is 5. The van der Waals surface area contributed by atoms with E-state index in [-0.39, 0.29) is 32.7 Å². The summed E-state index contributed by atoms with van der Waals surface area (Å²) in [6.45, 7) is 1.46. The number of fused-ring (bicyclic) bond motifs is 2. The molecule has 4 aromatic rings. The van der Waals surface area contributed by atoms with E-state index in [1.807, 2.05) is 0 Å². The lowest BCUT2D eigenvalue weighted by Crippen LogP contribution is -2.10. The predicted octanol–water partition coefficient (Wildman–Crippen LogP) is 6.83. The smallest absolute Gasteiger partial charge is 0.326 e. The van der Waals surface area contributed by atoms with Crippen molar-refractivity contribution in [3.63, 3.8) is 0 Å². The third kappa shape index (κ3) is 4.82. The van der Waals surface area contributed by atoms with E-state index in [9.17, 15) is 34.8 Å². The summed E-state index contributed by atoms with van der Waals surface area (Å²) in [6, 6.07) is 5.26. The zero-order valence-electron chi connectivity index (χ0n) is 20.2. The summed E-state index contributed by atoms with van der Waals surface area (Å²) in [7, 11) is -2.29. The van der Waals surface area contributed by atoms with Gasteiger partial charge in [0.05, 0.1) is 38.2 Å². The molecule has 204 valence electrons. The lowest BCUT2D eigenvalue weighted by Gasteiger charge is -2.08. The molecule has 0 atom stereocenters. The maximum absolute atomic E-state index is 13.5. The van der Waals surface area contributed by atoms with Crippen LogP contribution < -0.4 is 0 Å². The van der Waals surface area contributed by atoms with Crippen LogP contribution in [-0.2, 0) is 23.1 Å². The molecule has 39 heavy (non-hydrogen) atoms. The van der Waals surface area contributed by atoms with Crippen molar-refractivity contribution >= 4 is 43.4 Å². The second kappa shape index (κ2) is 9.23. The Morgan fingerprint density at radius 2 is 1.72 bits per heavy atom. The van der Waals surface area contributed by atoms with Crippen LogP contribution in [0.5, 0.6) is 0 Å². The van der Waals surface area contributed by atoms with Crippen LogP contribution in [0.1, 0.15) is 24.0 Å². The van der Waals surface area contributed by atoms with Crippen molar-refractivity contribution in [3.05, 3.63) is 71.3 Å². The highest BCUT2D eigenvalue weighted by atomic mass is 32.2. The molecule has 0 aliphatic heterocycles. The zero-order chi connectivity index (χ0) is 28.3. The monoisotopic (exact) mass is 584 g/mol. The van der Waals surface area contributed by atoms with Crippen LogP contribution in [0.4, 0.5) is 26.3 Å². The van der Waals surface area contributed by atoms with E-state index in [1.165, 1.54) is 41.8 Å². The summed E-state index contributed by atoms with van der Waals surface area (Å²) < 4.78 is 109. The fraction of sp³-hybridized carbons (Fsp3) is 0.200. The molecular formula is C25H18F6N4O2S2. The van der Waals surface area contributed by atoms with Crippen LogP contribution in [0.15, 0.2) is 59.2 Å². The molecule has 1 aliphatic carbocycles. The Labute approximate surface area is 222 Å². The number of imidazole rings is 1. The van der Waals surface area contributed by atoms with Gasteiger partial charge in [-0.15, -0.1) is 11.3 Å². The Balaban J connectivity index is 1.73. The summed E-state index contributed by atoms with van der Waals surface area (Å²) in [5.41, 5.74) is -1.38. The fourth-order valence-electron chi connectivity index (χ4n) is 4.14. The van der Waals surface area contributed by atoms with Gasteiger partial charge >= 0.3 is 12.4 Å². The zero-order valence-corrected chi connectivity index (χ0v) is 21.8. The highest BCUT2D eigenvalue weighted by molar-refractivity contribution is 7.92. The van der Waals surface area contributed by atoms with Gasteiger partial charge in [-0.05, 0) is 36.4 Å². The number of nitrogens with zero attached hydrogens (tertiary/aromatic N) is 4. The van der Waals surface area contributed by atoms with Gasteiger partial charge in [0, 0.05) is 23.3 Å². The van der Waals surface area contributed by atoms with Crippen molar-refractivity contribution in [1.29, 1.82) is 0 Å². The highest BCUT2D eigenvalue weighted by Gasteiger charge is 2.35. The van der Waals surface area contributed by atoms with Crippen LogP contribution in [-0.4, -0.2) is 39.7 Å². The average molecular weight is 585 g/mol. The Hall–Kier alpha value is -3.65. The quantitative estimate of drug-likeness (QED) is 0.247. The van der Waals surface area contributed by atoms with Crippen molar-refractivity contribution < 1.29 is 34.8 Å². The predicted molar refractivity (Wildman–Crippen MR) is 136 cm³/mol. The first-order valence-corrected chi connectivity index (χ1v) is 13.8. The minimum absolute atomic E-state index is 0.00892. The van der Waals surface area contributed by atoms with E-state index in [4.69, 9.17) is 0 Å². The van der Waals surface area contributed by atoms with Crippen LogP contribution >= 0.6 is 11.3 Å². The van der Waals surface area contributed by atoms with Gasteiger partial charge in [0.2, 0.25) is 0 Å². The van der Waals surface area contributed by atoms with E-state index in [0.29, 0.717) is 15.8 Å². The summed E-state index contributed by atoms with van der Waals surface area (Å²) in [5, 5.41) is 3.89. The van der Waals surface area contributed by atoms with Gasteiger partial charge in [-0.25, -0.2) is 18.1 Å². The fourth-order valence-corrected chi connectivity index (χ4v) is 7.04. The molecule has 0 saturated heterocycles. The van der Waals surface area contributed by atoms with Crippen LogP contribution in [0.25, 0.3) is 38.6 Å². The van der Waals surface area contributed by atoms with E-state index < -0.39 is 33.5 Å². The number of allylic oxidation sites excluding steroid dienone is 4.